The molecule has 0 bridgehead atoms. The van der Waals surface area contributed by atoms with Gasteiger partial charge in [0.05, 0.1) is 16.3 Å². The van der Waals surface area contributed by atoms with Crippen molar-refractivity contribution in [3.05, 3.63) is 95.0 Å². The summed E-state index contributed by atoms with van der Waals surface area (Å²) in [4.78, 5) is 26.0. The predicted molar refractivity (Wildman–Crippen MR) is 126 cm³/mol. The Bertz CT molecular complexity index is 1090. The number of ether oxygens (including phenoxy) is 1. The van der Waals surface area contributed by atoms with E-state index in [1.54, 1.807) is 48.5 Å². The Labute approximate surface area is 192 Å². The van der Waals surface area contributed by atoms with Crippen molar-refractivity contribution in [2.24, 2.45) is 5.73 Å². The van der Waals surface area contributed by atoms with Gasteiger partial charge in [0, 0.05) is 0 Å². The smallest absolute Gasteiger partial charge is 0.326 e. The molecule has 3 aromatic rings. The third kappa shape index (κ3) is 4.48. The average Bonchev–Trinajstić information content (AvgIpc) is 2.81. The lowest BCUT2D eigenvalue weighted by Gasteiger charge is -2.38. The molecule has 0 spiro atoms. The maximum atomic E-state index is 13.0. The Hall–Kier alpha value is -3.31. The predicted octanol–water partition coefficient (Wildman–Crippen LogP) is 6.30. The number of halogens is 1. The van der Waals surface area contributed by atoms with Crippen molar-refractivity contribution in [2.75, 3.05) is 4.90 Å². The van der Waals surface area contributed by atoms with Crippen LogP contribution in [0.1, 0.15) is 48.0 Å². The number of benzene rings is 3. The Balaban J connectivity index is 1.60. The first-order valence-electron chi connectivity index (χ1n) is 10.7. The zero-order valence-electron chi connectivity index (χ0n) is 17.7. The normalized spacial score (nSPS) is 15.0. The number of carbonyl (C=O) groups is 2. The fraction of sp³-hybridized carbons (Fsp3) is 0.231. The molecule has 0 heterocycles. The summed E-state index contributed by atoms with van der Waals surface area (Å²) in [5.74, 6) is 0.0962. The molecule has 1 fully saturated rings. The summed E-state index contributed by atoms with van der Waals surface area (Å²) in [6.07, 6.45) is 5.30. The number of hydrogen-bond donors (Lipinski definition) is 1. The Kier molecular flexibility index (Phi) is 6.47. The van der Waals surface area contributed by atoms with Crippen molar-refractivity contribution >= 4 is 29.2 Å². The highest BCUT2D eigenvalue weighted by molar-refractivity contribution is 6.35. The van der Waals surface area contributed by atoms with E-state index in [-0.39, 0.29) is 16.2 Å². The van der Waals surface area contributed by atoms with E-state index >= 15 is 0 Å². The molecule has 0 atom stereocenters. The summed E-state index contributed by atoms with van der Waals surface area (Å²) in [6.45, 7) is 0. The van der Waals surface area contributed by atoms with Gasteiger partial charge in [-0.05, 0) is 67.6 Å². The lowest BCUT2D eigenvalue weighted by molar-refractivity contribution is 0.0263. The van der Waals surface area contributed by atoms with Crippen LogP contribution in [-0.4, -0.2) is 11.9 Å². The Morgan fingerprint density at radius 2 is 1.47 bits per heavy atom. The van der Waals surface area contributed by atoms with Gasteiger partial charge in [-0.2, -0.15) is 0 Å². The summed E-state index contributed by atoms with van der Waals surface area (Å²) in [7, 11) is 0. The molecular weight excluding hydrogens is 424 g/mol. The third-order valence-electron chi connectivity index (χ3n) is 5.90. The molecule has 0 saturated heterocycles. The SMILES string of the molecule is NC(=O)N(C(=O)c1ccccc1Cl)c1ccc(OC2(c3ccccc3)CCCCC2)cc1. The monoisotopic (exact) mass is 448 g/mol. The van der Waals surface area contributed by atoms with Crippen LogP contribution in [0, 0.1) is 0 Å². The number of amides is 3. The molecular formula is C26H25ClN2O3. The minimum Gasteiger partial charge on any atom is -0.483 e. The molecule has 0 radical (unpaired) electrons. The van der Waals surface area contributed by atoms with Crippen molar-refractivity contribution < 1.29 is 14.3 Å². The quantitative estimate of drug-likeness (QED) is 0.497. The van der Waals surface area contributed by atoms with Gasteiger partial charge in [0.2, 0.25) is 0 Å². The highest BCUT2D eigenvalue weighted by Gasteiger charge is 2.36. The van der Waals surface area contributed by atoms with Crippen LogP contribution < -0.4 is 15.4 Å². The summed E-state index contributed by atoms with van der Waals surface area (Å²) in [5.41, 5.74) is 6.88. The summed E-state index contributed by atoms with van der Waals surface area (Å²) >= 11 is 6.14. The van der Waals surface area contributed by atoms with Crippen LogP contribution in [0.25, 0.3) is 0 Å². The first-order chi connectivity index (χ1) is 15.5. The first-order valence-corrected chi connectivity index (χ1v) is 11.1. The van der Waals surface area contributed by atoms with Crippen LogP contribution in [-0.2, 0) is 5.60 Å². The van der Waals surface area contributed by atoms with Crippen LogP contribution in [0.2, 0.25) is 5.02 Å². The van der Waals surface area contributed by atoms with Crippen molar-refractivity contribution in [1.29, 1.82) is 0 Å². The second-order valence-electron chi connectivity index (χ2n) is 7.98. The summed E-state index contributed by atoms with van der Waals surface area (Å²) in [5, 5.41) is 0.255. The second kappa shape index (κ2) is 9.45. The van der Waals surface area contributed by atoms with Gasteiger partial charge in [0.25, 0.3) is 5.91 Å². The number of primary amides is 1. The maximum Gasteiger partial charge on any atom is 0.326 e. The highest BCUT2D eigenvalue weighted by Crippen LogP contribution is 2.41. The Morgan fingerprint density at radius 1 is 0.844 bits per heavy atom. The van der Waals surface area contributed by atoms with Crippen molar-refractivity contribution in [1.82, 2.24) is 0 Å². The van der Waals surface area contributed by atoms with Gasteiger partial charge in [-0.15, -0.1) is 0 Å². The van der Waals surface area contributed by atoms with Gasteiger partial charge in [0.1, 0.15) is 11.4 Å². The fourth-order valence-electron chi connectivity index (χ4n) is 4.30. The van der Waals surface area contributed by atoms with Crippen LogP contribution in [0.5, 0.6) is 5.75 Å². The molecule has 5 nitrogen and oxygen atoms in total. The molecule has 2 N–H and O–H groups in total. The lowest BCUT2D eigenvalue weighted by atomic mass is 9.79. The topological polar surface area (TPSA) is 72.6 Å². The van der Waals surface area contributed by atoms with Gasteiger partial charge in [-0.3, -0.25) is 4.79 Å². The highest BCUT2D eigenvalue weighted by atomic mass is 35.5. The minimum atomic E-state index is -0.878. The largest absolute Gasteiger partial charge is 0.483 e. The van der Waals surface area contributed by atoms with Crippen molar-refractivity contribution in [3.63, 3.8) is 0 Å². The number of imide groups is 1. The fourth-order valence-corrected chi connectivity index (χ4v) is 4.52. The molecule has 164 valence electrons. The standard InChI is InChI=1S/C26H25ClN2O3/c27-23-12-6-5-11-22(23)24(30)29(25(28)31)20-13-15-21(16-14-20)32-26(17-7-2-8-18-26)19-9-3-1-4-10-19/h1,3-6,9-16H,2,7-8,17-18H2,(H2,28,31). The van der Waals surface area contributed by atoms with E-state index in [1.165, 1.54) is 6.42 Å². The molecule has 1 aliphatic rings. The lowest BCUT2D eigenvalue weighted by Crippen LogP contribution is -2.41. The van der Waals surface area contributed by atoms with Gasteiger partial charge in [0.15, 0.2) is 0 Å². The van der Waals surface area contributed by atoms with E-state index in [4.69, 9.17) is 22.1 Å². The molecule has 1 saturated carbocycles. The van der Waals surface area contributed by atoms with E-state index in [1.807, 2.05) is 18.2 Å². The molecule has 6 heteroatoms. The van der Waals surface area contributed by atoms with E-state index < -0.39 is 11.9 Å². The van der Waals surface area contributed by atoms with Gasteiger partial charge < -0.3 is 10.5 Å². The van der Waals surface area contributed by atoms with Crippen LogP contribution in [0.4, 0.5) is 10.5 Å². The van der Waals surface area contributed by atoms with E-state index in [0.717, 1.165) is 36.1 Å². The molecule has 32 heavy (non-hydrogen) atoms. The Morgan fingerprint density at radius 3 is 2.09 bits per heavy atom. The zero-order valence-corrected chi connectivity index (χ0v) is 18.4. The number of nitrogens with zero attached hydrogens (tertiary/aromatic N) is 1. The molecule has 3 aromatic carbocycles. The zero-order chi connectivity index (χ0) is 22.6. The number of urea groups is 1. The molecule has 0 aromatic heterocycles. The molecule has 4 rings (SSSR count). The number of carbonyl (C=O) groups excluding carboxylic acids is 2. The number of hydrogen-bond acceptors (Lipinski definition) is 3. The first kappa shape index (κ1) is 21.9. The van der Waals surface area contributed by atoms with Gasteiger partial charge in [-0.1, -0.05) is 60.5 Å². The van der Waals surface area contributed by atoms with Gasteiger partial charge in [-0.25, -0.2) is 9.69 Å². The number of anilines is 1. The second-order valence-corrected chi connectivity index (χ2v) is 8.38. The third-order valence-corrected chi connectivity index (χ3v) is 6.23. The molecule has 0 aliphatic heterocycles. The van der Waals surface area contributed by atoms with Crippen molar-refractivity contribution in [2.45, 2.75) is 37.7 Å². The van der Waals surface area contributed by atoms with E-state index in [9.17, 15) is 9.59 Å². The summed E-state index contributed by atoms with van der Waals surface area (Å²) in [6, 6.07) is 22.8. The maximum absolute atomic E-state index is 13.0. The summed E-state index contributed by atoms with van der Waals surface area (Å²) < 4.78 is 6.55. The van der Waals surface area contributed by atoms with Crippen molar-refractivity contribution in [3.8, 4) is 5.75 Å². The molecule has 0 unspecified atom stereocenters. The van der Waals surface area contributed by atoms with Gasteiger partial charge >= 0.3 is 6.03 Å². The van der Waals surface area contributed by atoms with E-state index in [0.29, 0.717) is 11.4 Å². The van der Waals surface area contributed by atoms with E-state index in [2.05, 4.69) is 12.1 Å². The van der Waals surface area contributed by atoms with Crippen LogP contribution in [0.3, 0.4) is 0 Å². The average molecular weight is 449 g/mol. The van der Waals surface area contributed by atoms with Crippen LogP contribution in [0.15, 0.2) is 78.9 Å². The minimum absolute atomic E-state index is 0.207. The number of rotatable bonds is 5. The van der Waals surface area contributed by atoms with Crippen LogP contribution >= 0.6 is 11.6 Å². The molecule has 3 amide bonds. The molecule has 1 aliphatic carbocycles. The number of nitrogens with two attached hydrogens (primary N) is 1.